The first-order valence-corrected chi connectivity index (χ1v) is 13.6. The van der Waals surface area contributed by atoms with Crippen molar-refractivity contribution in [3.05, 3.63) is 78.4 Å². The largest absolute Gasteiger partial charge is 0.487 e. The lowest BCUT2D eigenvalue weighted by Crippen LogP contribution is -2.30. The maximum absolute atomic E-state index is 16.2. The van der Waals surface area contributed by atoms with Crippen molar-refractivity contribution in [1.29, 1.82) is 0 Å². The number of halogens is 1. The highest BCUT2D eigenvalue weighted by Gasteiger charge is 2.38. The summed E-state index contributed by atoms with van der Waals surface area (Å²) in [5, 5.41) is 5.05. The third kappa shape index (κ3) is 5.58. The predicted octanol–water partition coefficient (Wildman–Crippen LogP) is 3.61. The molecule has 1 saturated heterocycles. The molecule has 204 valence electrons. The molecule has 39 heavy (non-hydrogen) atoms. The monoisotopic (exact) mass is 554 g/mol. The fraction of sp³-hybridized carbons (Fsp3) is 0.259. The van der Waals surface area contributed by atoms with Crippen molar-refractivity contribution in [2.45, 2.75) is 25.9 Å². The zero-order valence-corrected chi connectivity index (χ0v) is 22.2. The van der Waals surface area contributed by atoms with Gasteiger partial charge in [-0.3, -0.25) is 9.48 Å². The van der Waals surface area contributed by atoms with Gasteiger partial charge in [0.05, 0.1) is 6.20 Å². The molecule has 1 N–H and O–H groups in total. The van der Waals surface area contributed by atoms with Crippen LogP contribution in [0.2, 0.25) is 0 Å². The number of aryl methyl sites for hydroxylation is 1. The van der Waals surface area contributed by atoms with E-state index in [-0.39, 0.29) is 29.7 Å². The van der Waals surface area contributed by atoms with E-state index in [1.807, 2.05) is 47.3 Å². The number of nitrogens with one attached hydrogen (secondary N) is 1. The number of aromatic nitrogens is 2. The Labute approximate surface area is 225 Å². The van der Waals surface area contributed by atoms with E-state index < -0.39 is 28.5 Å². The minimum absolute atomic E-state index is 0.00957. The number of anilines is 1. The normalized spacial score (nSPS) is 14.8. The van der Waals surface area contributed by atoms with Crippen molar-refractivity contribution in [3.8, 4) is 16.9 Å². The van der Waals surface area contributed by atoms with Crippen LogP contribution in [0.5, 0.6) is 5.75 Å². The van der Waals surface area contributed by atoms with Gasteiger partial charge in [0.15, 0.2) is 12.1 Å². The summed E-state index contributed by atoms with van der Waals surface area (Å²) in [6.45, 7) is 0.0789. The number of carbonyl (C=O) groups excluding carboxylic acids is 1. The molecule has 10 nitrogen and oxygen atoms in total. The Kier molecular flexibility index (Phi) is 7.51. The molecular formula is C27H27FN4O6S. The quantitative estimate of drug-likeness (QED) is 0.298. The van der Waals surface area contributed by atoms with Gasteiger partial charge in [0.25, 0.3) is 5.91 Å². The second kappa shape index (κ2) is 11.0. The van der Waals surface area contributed by atoms with Crippen LogP contribution in [0.3, 0.4) is 0 Å². The fourth-order valence-corrected chi connectivity index (χ4v) is 5.59. The summed E-state index contributed by atoms with van der Waals surface area (Å²) in [6.07, 6.45) is 3.73. The van der Waals surface area contributed by atoms with Gasteiger partial charge in [-0.05, 0) is 28.6 Å². The van der Waals surface area contributed by atoms with Gasteiger partial charge in [0.2, 0.25) is 0 Å². The van der Waals surface area contributed by atoms with Gasteiger partial charge in [-0.2, -0.15) is 13.5 Å². The summed E-state index contributed by atoms with van der Waals surface area (Å²) in [6, 6.07) is 16.0. The van der Waals surface area contributed by atoms with Crippen LogP contribution in [-0.4, -0.2) is 51.2 Å². The first-order valence-electron chi connectivity index (χ1n) is 12.1. The molecule has 0 bridgehead atoms. The third-order valence-electron chi connectivity index (χ3n) is 6.41. The minimum Gasteiger partial charge on any atom is -0.487 e. The molecule has 4 aromatic rings. The summed E-state index contributed by atoms with van der Waals surface area (Å²) in [4.78, 5) is 12.0. The van der Waals surface area contributed by atoms with Crippen molar-refractivity contribution >= 4 is 32.6 Å². The Bertz CT molecular complexity index is 1610. The van der Waals surface area contributed by atoms with E-state index in [0.717, 1.165) is 11.1 Å². The van der Waals surface area contributed by atoms with Crippen molar-refractivity contribution in [3.63, 3.8) is 0 Å². The molecule has 0 atom stereocenters. The molecule has 1 aliphatic heterocycles. The predicted molar refractivity (Wildman–Crippen MR) is 143 cm³/mol. The Morgan fingerprint density at radius 3 is 2.54 bits per heavy atom. The van der Waals surface area contributed by atoms with E-state index in [1.165, 1.54) is 0 Å². The maximum atomic E-state index is 16.2. The number of ether oxygens (including phenoxy) is 3. The smallest absolute Gasteiger partial charge is 0.326 e. The molecule has 0 spiro atoms. The van der Waals surface area contributed by atoms with Crippen molar-refractivity contribution in [1.82, 2.24) is 14.5 Å². The molecule has 1 fully saturated rings. The number of amides is 1. The molecule has 0 aliphatic carbocycles. The molecule has 1 amide bonds. The van der Waals surface area contributed by atoms with Gasteiger partial charge in [-0.15, -0.1) is 0 Å². The Morgan fingerprint density at radius 1 is 1.08 bits per heavy atom. The summed E-state index contributed by atoms with van der Waals surface area (Å²) in [5.41, 5.74) is 1.93. The van der Waals surface area contributed by atoms with E-state index in [4.69, 9.17) is 14.2 Å². The molecule has 0 radical (unpaired) electrons. The number of hydrogen-bond donors (Lipinski definition) is 1. The number of fused-ring (bicyclic) bond motifs is 1. The fourth-order valence-electron chi connectivity index (χ4n) is 4.43. The zero-order chi connectivity index (χ0) is 27.6. The second-order valence-corrected chi connectivity index (χ2v) is 10.6. The Balaban J connectivity index is 1.53. The molecule has 0 unspecified atom stereocenters. The number of nitrogens with zero attached hydrogens (tertiary/aromatic N) is 3. The topological polar surface area (TPSA) is 112 Å². The first kappa shape index (κ1) is 26.6. The van der Waals surface area contributed by atoms with Gasteiger partial charge in [0.1, 0.15) is 24.6 Å². The highest BCUT2D eigenvalue weighted by molar-refractivity contribution is 7.92. The summed E-state index contributed by atoms with van der Waals surface area (Å²) >= 11 is 0. The van der Waals surface area contributed by atoms with Crippen LogP contribution in [0, 0.1) is 5.82 Å². The SMILES string of the molecule is COC(CCn1cc(-c2ccc3cc(OCc4ccccc4)c(N4CC(=O)NS4(=O)=O)c(F)c3c2)cn1)OC. The van der Waals surface area contributed by atoms with Gasteiger partial charge >= 0.3 is 10.2 Å². The van der Waals surface area contributed by atoms with E-state index in [9.17, 15) is 13.2 Å². The average Bonchev–Trinajstić information content (AvgIpc) is 3.51. The highest BCUT2D eigenvalue weighted by atomic mass is 32.2. The van der Waals surface area contributed by atoms with Crippen LogP contribution in [0.15, 0.2) is 67.0 Å². The average molecular weight is 555 g/mol. The van der Waals surface area contributed by atoms with Crippen molar-refractivity contribution < 1.29 is 31.8 Å². The van der Waals surface area contributed by atoms with Gasteiger partial charge in [0, 0.05) is 44.3 Å². The molecule has 1 aliphatic rings. The van der Waals surface area contributed by atoms with E-state index >= 15 is 4.39 Å². The van der Waals surface area contributed by atoms with Crippen molar-refractivity contribution in [2.75, 3.05) is 25.1 Å². The Morgan fingerprint density at radius 2 is 1.85 bits per heavy atom. The van der Waals surface area contributed by atoms with Crippen LogP contribution in [-0.2, 0) is 37.6 Å². The van der Waals surface area contributed by atoms with Crippen LogP contribution in [0.25, 0.3) is 21.9 Å². The van der Waals surface area contributed by atoms with Crippen LogP contribution < -0.4 is 13.8 Å². The Hall–Kier alpha value is -4.00. The van der Waals surface area contributed by atoms with Crippen LogP contribution in [0.4, 0.5) is 10.1 Å². The van der Waals surface area contributed by atoms with E-state index in [2.05, 4.69) is 5.10 Å². The lowest BCUT2D eigenvalue weighted by molar-refractivity contribution is -0.117. The molecule has 2 heterocycles. The standard InChI is InChI=1S/C27H27FN4O6S/c1-36-25(37-2)10-11-31-15-21(14-29-31)19-8-9-20-13-23(38-17-18-6-4-3-5-7-18)27(26(28)22(20)12-19)32-16-24(33)30-39(32,34)35/h3-9,12-15,25H,10-11,16-17H2,1-2H3,(H,30,33). The van der Waals surface area contributed by atoms with E-state index in [1.54, 1.807) is 43.3 Å². The lowest BCUT2D eigenvalue weighted by Gasteiger charge is -2.21. The molecule has 12 heteroatoms. The summed E-state index contributed by atoms with van der Waals surface area (Å²) < 4.78 is 62.2. The second-order valence-electron chi connectivity index (χ2n) is 8.97. The number of methoxy groups -OCH3 is 2. The molecular weight excluding hydrogens is 527 g/mol. The molecule has 5 rings (SSSR count). The lowest BCUT2D eigenvalue weighted by atomic mass is 10.0. The molecule has 0 saturated carbocycles. The van der Waals surface area contributed by atoms with Gasteiger partial charge in [-0.25, -0.2) is 13.4 Å². The zero-order valence-electron chi connectivity index (χ0n) is 21.3. The van der Waals surface area contributed by atoms with Crippen LogP contribution in [0.1, 0.15) is 12.0 Å². The third-order valence-corrected chi connectivity index (χ3v) is 7.79. The summed E-state index contributed by atoms with van der Waals surface area (Å²) in [5.74, 6) is -1.56. The van der Waals surface area contributed by atoms with Crippen molar-refractivity contribution in [2.24, 2.45) is 0 Å². The minimum atomic E-state index is -4.28. The van der Waals surface area contributed by atoms with E-state index in [0.29, 0.717) is 28.2 Å². The first-order chi connectivity index (χ1) is 18.8. The van der Waals surface area contributed by atoms with Gasteiger partial charge in [-0.1, -0.05) is 42.5 Å². The maximum Gasteiger partial charge on any atom is 0.326 e. The molecule has 1 aromatic heterocycles. The number of carbonyl (C=O) groups is 1. The molecule has 3 aromatic carbocycles. The number of benzene rings is 3. The number of rotatable bonds is 10. The highest BCUT2D eigenvalue weighted by Crippen LogP contribution is 2.40. The van der Waals surface area contributed by atoms with Gasteiger partial charge < -0.3 is 14.2 Å². The van der Waals surface area contributed by atoms with Crippen LogP contribution >= 0.6 is 0 Å². The number of hydrogen-bond acceptors (Lipinski definition) is 7. The summed E-state index contributed by atoms with van der Waals surface area (Å²) in [7, 11) is -1.15.